The first kappa shape index (κ1) is 102. The van der Waals surface area contributed by atoms with Crippen LogP contribution >= 0.6 is 0 Å². The summed E-state index contributed by atoms with van der Waals surface area (Å²) in [6.07, 6.45) is 70.3. The molecule has 0 saturated carbocycles. The number of nitrogens with zero attached hydrogens (tertiary/aromatic N) is 2. The van der Waals surface area contributed by atoms with Gasteiger partial charge >= 0.3 is 35.8 Å². The Kier molecular flexibility index (Phi) is 74.7. The summed E-state index contributed by atoms with van der Waals surface area (Å²) in [5, 5.41) is 5.44. The zero-order valence-electron chi connectivity index (χ0n) is 70.5. The van der Waals surface area contributed by atoms with Crippen molar-refractivity contribution in [1.29, 1.82) is 0 Å². The van der Waals surface area contributed by atoms with E-state index in [2.05, 4.69) is 38.3 Å². The summed E-state index contributed by atoms with van der Waals surface area (Å²) in [6, 6.07) is -1.89. The average Bonchev–Trinajstić information content (AvgIpc) is 0.846. The number of rotatable bonds is 84. The predicted molar refractivity (Wildman–Crippen MR) is 441 cm³/mol. The van der Waals surface area contributed by atoms with Crippen molar-refractivity contribution >= 4 is 47.6 Å². The van der Waals surface area contributed by atoms with Crippen LogP contribution in [-0.2, 0) is 66.8 Å². The topological polar surface area (TPSA) is 222 Å². The average molecular weight is 1530 g/mol. The number of amides is 2. The fraction of sp³-hybridized carbons (Fsp3) is 0.911. The molecule has 2 unspecified atom stereocenters. The van der Waals surface area contributed by atoms with Gasteiger partial charge < -0.3 is 48.9 Å². The Morgan fingerprint density at radius 1 is 0.222 bits per heavy atom. The molecule has 1 aliphatic rings. The van der Waals surface area contributed by atoms with Crippen LogP contribution in [-0.4, -0.2) is 148 Å². The van der Waals surface area contributed by atoms with Crippen LogP contribution in [0.25, 0.3) is 0 Å². The maximum atomic E-state index is 13.2. The second-order valence-electron chi connectivity index (χ2n) is 31.6. The molecule has 632 valence electrons. The maximum Gasteiger partial charge on any atom is 0.307 e. The van der Waals surface area contributed by atoms with E-state index in [1.54, 1.807) is 0 Å². The number of carbonyl (C=O) groups is 8. The van der Waals surface area contributed by atoms with Crippen LogP contribution in [0, 0.1) is 0 Å². The Balaban J connectivity index is 2.62. The molecule has 0 aliphatic carbocycles. The van der Waals surface area contributed by atoms with E-state index < -0.39 is 35.8 Å². The van der Waals surface area contributed by atoms with Gasteiger partial charge in [-0.3, -0.25) is 38.4 Å². The zero-order chi connectivity index (χ0) is 78.3. The molecule has 2 atom stereocenters. The van der Waals surface area contributed by atoms with Gasteiger partial charge in [0.1, 0.15) is 12.1 Å². The van der Waals surface area contributed by atoms with Crippen LogP contribution in [0.15, 0.2) is 0 Å². The van der Waals surface area contributed by atoms with Crippen LogP contribution in [0.2, 0.25) is 0 Å². The molecule has 1 rings (SSSR count). The van der Waals surface area contributed by atoms with Crippen molar-refractivity contribution in [3.8, 4) is 0 Å². The number of ether oxygens (including phenoxy) is 6. The normalized spacial score (nSPS) is 13.6. The first-order chi connectivity index (χ1) is 52.9. The van der Waals surface area contributed by atoms with Gasteiger partial charge in [0.05, 0.1) is 78.2 Å². The molecule has 1 heterocycles. The van der Waals surface area contributed by atoms with Crippen molar-refractivity contribution in [2.45, 2.75) is 451 Å². The zero-order valence-corrected chi connectivity index (χ0v) is 70.5. The van der Waals surface area contributed by atoms with Crippen LogP contribution in [0.3, 0.4) is 0 Å². The Bertz CT molecular complexity index is 1870. The van der Waals surface area contributed by atoms with Crippen LogP contribution in [0.1, 0.15) is 439 Å². The highest BCUT2D eigenvalue weighted by molar-refractivity contribution is 5.97. The van der Waals surface area contributed by atoms with Crippen LogP contribution in [0.5, 0.6) is 0 Å². The molecule has 0 bridgehead atoms. The van der Waals surface area contributed by atoms with Gasteiger partial charge in [0.2, 0.25) is 11.8 Å². The number of piperazine rings is 1. The lowest BCUT2D eigenvalue weighted by Gasteiger charge is -2.29. The number of carbonyl (C=O) groups excluding carboxylic acids is 8. The second kappa shape index (κ2) is 79.3. The Morgan fingerprint density at radius 2 is 0.361 bits per heavy atom. The minimum Gasteiger partial charge on any atom is -0.466 e. The number of esters is 6. The van der Waals surface area contributed by atoms with Crippen LogP contribution in [0.4, 0.5) is 0 Å². The van der Waals surface area contributed by atoms with Crippen molar-refractivity contribution in [3.63, 3.8) is 0 Å². The van der Waals surface area contributed by atoms with Gasteiger partial charge in [0, 0.05) is 52.1 Å². The summed E-state index contributed by atoms with van der Waals surface area (Å²) in [5.74, 6) is -3.22. The first-order valence-electron chi connectivity index (χ1n) is 45.9. The first-order valence-corrected chi connectivity index (χ1v) is 45.9. The van der Waals surface area contributed by atoms with Crippen molar-refractivity contribution in [1.82, 2.24) is 20.4 Å². The van der Waals surface area contributed by atoms with Gasteiger partial charge in [-0.2, -0.15) is 0 Å². The molecule has 2 N–H and O–H groups in total. The molecule has 18 nitrogen and oxygen atoms in total. The summed E-state index contributed by atoms with van der Waals surface area (Å²) in [6.45, 7) is 11.9. The standard InChI is InChI=1S/C90H168N4O14/c1-5-9-13-17-21-25-29-33-37-41-45-49-53-57-75-103-83(95)61-69-93(70-62-84(96)104-76-58-54-50-46-42-38-34-30-26-22-18-14-10-6-2)73-65-87(99)107-79-67-81-89(101)92-82(90(102)91-81)68-80-108-88(100)66-74-94(71-63-85(97)105-77-59-55-51-47-43-39-35-31-27-23-19-15-11-7-3)72-64-86(98)106-78-60-56-52-48-44-40-36-32-28-24-20-16-12-8-4/h81-82H,5-80H2,1-4H3,(H,91,102)(H,92,101). The second-order valence-corrected chi connectivity index (χ2v) is 31.6. The van der Waals surface area contributed by atoms with Crippen molar-refractivity contribution in [2.24, 2.45) is 0 Å². The largest absolute Gasteiger partial charge is 0.466 e. The third kappa shape index (κ3) is 69.6. The van der Waals surface area contributed by atoms with Gasteiger partial charge in [-0.05, 0) is 25.7 Å². The van der Waals surface area contributed by atoms with Gasteiger partial charge in [0.15, 0.2) is 0 Å². The molecular weight excluding hydrogens is 1360 g/mol. The third-order valence-electron chi connectivity index (χ3n) is 21.4. The molecule has 18 heteroatoms. The van der Waals surface area contributed by atoms with Gasteiger partial charge in [-0.15, -0.1) is 0 Å². The van der Waals surface area contributed by atoms with Crippen molar-refractivity contribution in [3.05, 3.63) is 0 Å². The van der Waals surface area contributed by atoms with E-state index in [1.165, 1.54) is 283 Å². The van der Waals surface area contributed by atoms with E-state index in [4.69, 9.17) is 28.4 Å². The van der Waals surface area contributed by atoms with E-state index in [1.807, 2.05) is 9.80 Å². The third-order valence-corrected chi connectivity index (χ3v) is 21.4. The number of nitrogens with one attached hydrogen (secondary N) is 2. The highest BCUT2D eigenvalue weighted by Gasteiger charge is 2.34. The summed E-state index contributed by atoms with van der Waals surface area (Å²) in [5.41, 5.74) is 0. The predicted octanol–water partition coefficient (Wildman–Crippen LogP) is 21.9. The molecule has 1 saturated heterocycles. The summed E-state index contributed by atoms with van der Waals surface area (Å²) >= 11 is 0. The van der Waals surface area contributed by atoms with E-state index in [9.17, 15) is 38.4 Å². The Labute approximate surface area is 661 Å². The number of hydrogen-bond donors (Lipinski definition) is 2. The van der Waals surface area contributed by atoms with Crippen molar-refractivity contribution < 1.29 is 66.8 Å². The molecule has 0 radical (unpaired) electrons. The molecule has 2 amide bonds. The Hall–Kier alpha value is -4.32. The molecule has 0 aromatic rings. The van der Waals surface area contributed by atoms with Crippen LogP contribution < -0.4 is 10.6 Å². The fourth-order valence-electron chi connectivity index (χ4n) is 14.2. The molecule has 0 spiro atoms. The molecule has 0 aromatic carbocycles. The maximum absolute atomic E-state index is 13.2. The highest BCUT2D eigenvalue weighted by atomic mass is 16.6. The smallest absolute Gasteiger partial charge is 0.307 e. The van der Waals surface area contributed by atoms with E-state index in [-0.39, 0.29) is 102 Å². The van der Waals surface area contributed by atoms with E-state index >= 15 is 0 Å². The Morgan fingerprint density at radius 3 is 0.519 bits per heavy atom. The lowest BCUT2D eigenvalue weighted by molar-refractivity contribution is -0.148. The number of unbranched alkanes of at least 4 members (excludes halogenated alkanes) is 52. The summed E-state index contributed by atoms with van der Waals surface area (Å²) in [4.78, 5) is 108. The lowest BCUT2D eigenvalue weighted by Crippen LogP contribution is -2.62. The SMILES string of the molecule is CCCCCCCCCCCCCCCCOC(=O)CCN(CCC(=O)OCCCCCCCCCCCCCCCC)CCC(=O)OCCC1NC(=O)C(CCOC(=O)CCN(CCC(=O)OCCCCCCCCCCCCCCCC)CCC(=O)OCCCCCCCCCCCCCCCC)NC1=O. The summed E-state index contributed by atoms with van der Waals surface area (Å²) < 4.78 is 33.4. The molecular formula is C90H168N4O14. The lowest BCUT2D eigenvalue weighted by atomic mass is 10.0. The monoisotopic (exact) mass is 1530 g/mol. The van der Waals surface area contributed by atoms with Gasteiger partial charge in [0.25, 0.3) is 0 Å². The molecule has 1 aliphatic heterocycles. The molecule has 0 aromatic heterocycles. The van der Waals surface area contributed by atoms with Gasteiger partial charge in [-0.25, -0.2) is 0 Å². The molecule has 108 heavy (non-hydrogen) atoms. The van der Waals surface area contributed by atoms with Crippen molar-refractivity contribution in [2.75, 3.05) is 78.9 Å². The fourth-order valence-corrected chi connectivity index (χ4v) is 14.2. The van der Waals surface area contributed by atoms with Gasteiger partial charge in [-0.1, -0.05) is 362 Å². The highest BCUT2D eigenvalue weighted by Crippen LogP contribution is 2.19. The minimum absolute atomic E-state index is 0.0211. The quantitative estimate of drug-likeness (QED) is 0.0328. The summed E-state index contributed by atoms with van der Waals surface area (Å²) in [7, 11) is 0. The van der Waals surface area contributed by atoms with E-state index in [0.717, 1.165) is 77.0 Å². The molecule has 1 fully saturated rings. The minimum atomic E-state index is -0.944. The number of hydrogen-bond acceptors (Lipinski definition) is 16. The van der Waals surface area contributed by atoms with E-state index in [0.29, 0.717) is 52.6 Å².